The van der Waals surface area contributed by atoms with E-state index in [0.29, 0.717) is 6.42 Å². The van der Waals surface area contributed by atoms with Crippen LogP contribution in [0.5, 0.6) is 0 Å². The predicted molar refractivity (Wildman–Crippen MR) is 74.1 cm³/mol. The summed E-state index contributed by atoms with van der Waals surface area (Å²) in [6.07, 6.45) is 0.544. The first-order valence-corrected chi connectivity index (χ1v) is 6.53. The number of hydrazine groups is 1. The molecule has 1 aromatic heterocycles. The van der Waals surface area contributed by atoms with Crippen LogP contribution in [0.3, 0.4) is 0 Å². The fraction of sp³-hybridized carbons (Fsp3) is 0.267. The zero-order chi connectivity index (χ0) is 15.3. The number of rotatable bonds is 5. The molecule has 2 rings (SSSR count). The second-order valence-electron chi connectivity index (χ2n) is 4.73. The molecule has 112 valence electrons. The molecule has 1 heterocycles. The summed E-state index contributed by atoms with van der Waals surface area (Å²) in [6.45, 7) is 0. The maximum absolute atomic E-state index is 12.5. The van der Waals surface area contributed by atoms with Crippen LogP contribution in [0.2, 0.25) is 0 Å². The third-order valence-corrected chi connectivity index (χ3v) is 3.31. The zero-order valence-corrected chi connectivity index (χ0v) is 11.3. The average molecular weight is 295 g/mol. The standard InChI is InChI=1S/C15H16F3N3/c16-15(17,18)13-4-2-12(3-5-13)14(21-19)6-1-11-7-9-20-10-8-11/h2-5,7-10,14,21H,1,6,19H2. The molecule has 6 heteroatoms. The molecule has 0 aliphatic carbocycles. The number of halogens is 3. The van der Waals surface area contributed by atoms with E-state index in [1.165, 1.54) is 12.1 Å². The lowest BCUT2D eigenvalue weighted by Gasteiger charge is -2.17. The highest BCUT2D eigenvalue weighted by molar-refractivity contribution is 5.27. The van der Waals surface area contributed by atoms with Crippen LogP contribution in [0, 0.1) is 0 Å². The first kappa shape index (κ1) is 15.5. The number of benzene rings is 1. The molecule has 0 saturated carbocycles. The molecule has 1 unspecified atom stereocenters. The largest absolute Gasteiger partial charge is 0.416 e. The molecule has 21 heavy (non-hydrogen) atoms. The Hall–Kier alpha value is -1.92. The van der Waals surface area contributed by atoms with Gasteiger partial charge in [0.15, 0.2) is 0 Å². The quantitative estimate of drug-likeness (QED) is 0.657. The van der Waals surface area contributed by atoms with Crippen molar-refractivity contribution in [1.29, 1.82) is 0 Å². The number of aromatic nitrogens is 1. The minimum Gasteiger partial charge on any atom is -0.271 e. The van der Waals surface area contributed by atoms with E-state index >= 15 is 0 Å². The van der Waals surface area contributed by atoms with Crippen molar-refractivity contribution in [1.82, 2.24) is 10.4 Å². The van der Waals surface area contributed by atoms with Gasteiger partial charge >= 0.3 is 6.18 Å². The summed E-state index contributed by atoms with van der Waals surface area (Å²) in [5.74, 6) is 5.51. The Morgan fingerprint density at radius 1 is 1.05 bits per heavy atom. The molecule has 2 aromatic rings. The predicted octanol–water partition coefficient (Wildman–Crippen LogP) is 3.24. The van der Waals surface area contributed by atoms with Gasteiger partial charge in [-0.1, -0.05) is 12.1 Å². The van der Waals surface area contributed by atoms with Crippen LogP contribution in [0.4, 0.5) is 13.2 Å². The molecular weight excluding hydrogens is 279 g/mol. The number of nitrogens with two attached hydrogens (primary N) is 1. The molecule has 1 aromatic carbocycles. The van der Waals surface area contributed by atoms with Crippen LogP contribution in [-0.4, -0.2) is 4.98 Å². The van der Waals surface area contributed by atoms with Crippen molar-refractivity contribution in [2.75, 3.05) is 0 Å². The van der Waals surface area contributed by atoms with Crippen LogP contribution < -0.4 is 11.3 Å². The minimum absolute atomic E-state index is 0.194. The van der Waals surface area contributed by atoms with Gasteiger partial charge in [-0.2, -0.15) is 13.2 Å². The van der Waals surface area contributed by atoms with Crippen LogP contribution >= 0.6 is 0 Å². The van der Waals surface area contributed by atoms with Crippen molar-refractivity contribution in [3.8, 4) is 0 Å². The molecule has 0 amide bonds. The van der Waals surface area contributed by atoms with E-state index in [1.54, 1.807) is 12.4 Å². The molecule has 3 nitrogen and oxygen atoms in total. The Morgan fingerprint density at radius 2 is 1.67 bits per heavy atom. The van der Waals surface area contributed by atoms with Crippen LogP contribution in [0.15, 0.2) is 48.8 Å². The van der Waals surface area contributed by atoms with Gasteiger partial charge in [0.25, 0.3) is 0 Å². The molecule has 1 atom stereocenters. The molecule has 0 fully saturated rings. The molecule has 0 aliphatic heterocycles. The Labute approximate surface area is 121 Å². The molecule has 0 bridgehead atoms. The van der Waals surface area contributed by atoms with Gasteiger partial charge in [0.05, 0.1) is 5.56 Å². The number of aryl methyl sites for hydroxylation is 1. The summed E-state index contributed by atoms with van der Waals surface area (Å²) in [5.41, 5.74) is 3.84. The van der Waals surface area contributed by atoms with E-state index < -0.39 is 11.7 Å². The fourth-order valence-corrected chi connectivity index (χ4v) is 2.11. The molecule has 0 saturated heterocycles. The van der Waals surface area contributed by atoms with Gasteiger partial charge in [-0.15, -0.1) is 0 Å². The van der Waals surface area contributed by atoms with Crippen molar-refractivity contribution in [2.45, 2.75) is 25.1 Å². The third kappa shape index (κ3) is 4.27. The smallest absolute Gasteiger partial charge is 0.271 e. The Balaban J connectivity index is 2.04. The van der Waals surface area contributed by atoms with Gasteiger partial charge in [-0.05, 0) is 48.2 Å². The Kier molecular flexibility index (Phi) is 4.93. The Bertz CT molecular complexity index is 553. The highest BCUT2D eigenvalue weighted by Gasteiger charge is 2.30. The number of nitrogens with one attached hydrogen (secondary N) is 1. The molecule has 0 spiro atoms. The number of pyridine rings is 1. The minimum atomic E-state index is -4.32. The van der Waals surface area contributed by atoms with E-state index in [9.17, 15) is 13.2 Å². The number of alkyl halides is 3. The lowest BCUT2D eigenvalue weighted by atomic mass is 9.99. The van der Waals surface area contributed by atoms with E-state index in [4.69, 9.17) is 5.84 Å². The summed E-state index contributed by atoms with van der Waals surface area (Å²) in [7, 11) is 0. The topological polar surface area (TPSA) is 50.9 Å². The first-order chi connectivity index (χ1) is 10.0. The van der Waals surface area contributed by atoms with E-state index in [0.717, 1.165) is 29.7 Å². The van der Waals surface area contributed by atoms with Crippen molar-refractivity contribution in [3.05, 3.63) is 65.5 Å². The third-order valence-electron chi connectivity index (χ3n) is 3.31. The second-order valence-corrected chi connectivity index (χ2v) is 4.73. The molecule has 0 radical (unpaired) electrons. The fourth-order valence-electron chi connectivity index (χ4n) is 2.11. The van der Waals surface area contributed by atoms with Gasteiger partial charge in [0.1, 0.15) is 0 Å². The summed E-state index contributed by atoms with van der Waals surface area (Å²) in [6, 6.07) is 8.68. The van der Waals surface area contributed by atoms with Crippen molar-refractivity contribution in [2.24, 2.45) is 5.84 Å². The number of hydrogen-bond acceptors (Lipinski definition) is 3. The van der Waals surface area contributed by atoms with Crippen molar-refractivity contribution < 1.29 is 13.2 Å². The zero-order valence-electron chi connectivity index (χ0n) is 11.3. The van der Waals surface area contributed by atoms with Crippen molar-refractivity contribution >= 4 is 0 Å². The summed E-state index contributed by atoms with van der Waals surface area (Å²) in [5, 5.41) is 0. The van der Waals surface area contributed by atoms with Gasteiger partial charge in [0, 0.05) is 18.4 Å². The van der Waals surface area contributed by atoms with Crippen LogP contribution in [-0.2, 0) is 12.6 Å². The average Bonchev–Trinajstić information content (AvgIpc) is 2.48. The van der Waals surface area contributed by atoms with E-state index in [1.807, 2.05) is 12.1 Å². The maximum Gasteiger partial charge on any atom is 0.416 e. The number of hydrogen-bond donors (Lipinski definition) is 2. The molecule has 3 N–H and O–H groups in total. The van der Waals surface area contributed by atoms with Gasteiger partial charge in [-0.25, -0.2) is 0 Å². The van der Waals surface area contributed by atoms with Crippen LogP contribution in [0.1, 0.15) is 29.2 Å². The molecule has 0 aliphatic rings. The van der Waals surface area contributed by atoms with E-state index in [2.05, 4.69) is 10.4 Å². The second kappa shape index (κ2) is 6.69. The summed E-state index contributed by atoms with van der Waals surface area (Å²) in [4.78, 5) is 3.94. The van der Waals surface area contributed by atoms with Gasteiger partial charge < -0.3 is 0 Å². The highest BCUT2D eigenvalue weighted by atomic mass is 19.4. The number of nitrogens with zero attached hydrogens (tertiary/aromatic N) is 1. The normalized spacial score (nSPS) is 13.1. The van der Waals surface area contributed by atoms with E-state index in [-0.39, 0.29) is 6.04 Å². The van der Waals surface area contributed by atoms with Gasteiger partial charge in [0.2, 0.25) is 0 Å². The summed E-state index contributed by atoms with van der Waals surface area (Å²) >= 11 is 0. The van der Waals surface area contributed by atoms with Crippen molar-refractivity contribution in [3.63, 3.8) is 0 Å². The maximum atomic E-state index is 12.5. The monoisotopic (exact) mass is 295 g/mol. The SMILES string of the molecule is NNC(CCc1ccncc1)c1ccc(C(F)(F)F)cc1. The lowest BCUT2D eigenvalue weighted by molar-refractivity contribution is -0.137. The first-order valence-electron chi connectivity index (χ1n) is 6.53. The molecular formula is C15H16F3N3. The highest BCUT2D eigenvalue weighted by Crippen LogP contribution is 2.30. The van der Waals surface area contributed by atoms with Crippen LogP contribution in [0.25, 0.3) is 0 Å². The Morgan fingerprint density at radius 3 is 2.19 bits per heavy atom. The lowest BCUT2D eigenvalue weighted by Crippen LogP contribution is -2.28. The summed E-state index contributed by atoms with van der Waals surface area (Å²) < 4.78 is 37.6. The van der Waals surface area contributed by atoms with Gasteiger partial charge in [-0.3, -0.25) is 16.3 Å².